The zero-order valence-corrected chi connectivity index (χ0v) is 17.4. The number of hydrogen-bond donors (Lipinski definition) is 1. The average molecular weight is 399 g/mol. The lowest BCUT2D eigenvalue weighted by Gasteiger charge is -2.33. The van der Waals surface area contributed by atoms with Gasteiger partial charge in [0, 0.05) is 16.0 Å². The number of anilines is 1. The number of thiophene rings is 1. The highest BCUT2D eigenvalue weighted by Crippen LogP contribution is 2.43. The summed E-state index contributed by atoms with van der Waals surface area (Å²) in [6.45, 7) is 6.81. The molecule has 0 unspecified atom stereocenters. The van der Waals surface area contributed by atoms with E-state index < -0.39 is 0 Å². The minimum absolute atomic E-state index is 0.229. The molecule has 1 heterocycles. The third-order valence-electron chi connectivity index (χ3n) is 5.14. The molecule has 27 heavy (non-hydrogen) atoms. The molecule has 1 aliphatic rings. The molecule has 1 amide bonds. The number of benzene rings is 1. The second-order valence-corrected chi connectivity index (χ2v) is 9.54. The Labute approximate surface area is 169 Å². The van der Waals surface area contributed by atoms with Crippen molar-refractivity contribution in [2.24, 2.45) is 11.3 Å². The molecule has 1 aromatic heterocycles. The molecule has 3 nitrogen and oxygen atoms in total. The number of carbonyl (C=O) groups excluding carboxylic acids is 1. The van der Waals surface area contributed by atoms with Crippen molar-refractivity contribution in [3.8, 4) is 6.07 Å². The van der Waals surface area contributed by atoms with Crippen LogP contribution >= 0.6 is 22.9 Å². The predicted octanol–water partition coefficient (Wildman–Crippen LogP) is 6.08. The Balaban J connectivity index is 1.76. The minimum atomic E-state index is -0.229. The van der Waals surface area contributed by atoms with Crippen molar-refractivity contribution in [2.45, 2.75) is 40.0 Å². The Morgan fingerprint density at radius 3 is 2.67 bits per heavy atom. The molecule has 2 aromatic rings. The molecule has 0 saturated heterocycles. The molecule has 0 bridgehead atoms. The number of amides is 1. The van der Waals surface area contributed by atoms with E-state index in [1.807, 2.05) is 12.1 Å². The maximum atomic E-state index is 12.3. The Morgan fingerprint density at radius 1 is 1.33 bits per heavy atom. The first-order valence-electron chi connectivity index (χ1n) is 9.07. The van der Waals surface area contributed by atoms with Crippen LogP contribution in [0.4, 0.5) is 5.00 Å². The topological polar surface area (TPSA) is 52.9 Å². The monoisotopic (exact) mass is 398 g/mol. The van der Waals surface area contributed by atoms with Gasteiger partial charge in [0.2, 0.25) is 5.91 Å². The first-order chi connectivity index (χ1) is 12.8. The highest BCUT2D eigenvalue weighted by molar-refractivity contribution is 7.16. The fourth-order valence-corrected chi connectivity index (χ4v) is 4.84. The van der Waals surface area contributed by atoms with E-state index in [9.17, 15) is 10.1 Å². The van der Waals surface area contributed by atoms with E-state index in [0.717, 1.165) is 30.4 Å². The second-order valence-electron chi connectivity index (χ2n) is 8.00. The van der Waals surface area contributed by atoms with Crippen molar-refractivity contribution < 1.29 is 4.79 Å². The molecule has 1 N–H and O–H groups in total. The largest absolute Gasteiger partial charge is 0.313 e. The summed E-state index contributed by atoms with van der Waals surface area (Å²) in [4.78, 5) is 13.6. The molecule has 1 aliphatic carbocycles. The van der Waals surface area contributed by atoms with Crippen molar-refractivity contribution in [1.29, 1.82) is 5.26 Å². The fraction of sp³-hybridized carbons (Fsp3) is 0.364. The fourth-order valence-electron chi connectivity index (χ4n) is 3.43. The Morgan fingerprint density at radius 2 is 2.04 bits per heavy atom. The van der Waals surface area contributed by atoms with Gasteiger partial charge in [-0.05, 0) is 59.9 Å². The van der Waals surface area contributed by atoms with Crippen LogP contribution in [0.2, 0.25) is 5.02 Å². The smallest absolute Gasteiger partial charge is 0.249 e. The number of halogens is 1. The zero-order valence-electron chi connectivity index (χ0n) is 15.8. The lowest BCUT2D eigenvalue weighted by Crippen LogP contribution is -2.26. The van der Waals surface area contributed by atoms with Gasteiger partial charge in [-0.2, -0.15) is 5.26 Å². The predicted molar refractivity (Wildman–Crippen MR) is 113 cm³/mol. The van der Waals surface area contributed by atoms with E-state index in [2.05, 4.69) is 32.2 Å². The van der Waals surface area contributed by atoms with Gasteiger partial charge in [0.05, 0.1) is 5.56 Å². The van der Waals surface area contributed by atoms with E-state index in [1.165, 1.54) is 11.0 Å². The van der Waals surface area contributed by atoms with E-state index >= 15 is 0 Å². The Hall–Kier alpha value is -2.09. The minimum Gasteiger partial charge on any atom is -0.313 e. The van der Waals surface area contributed by atoms with Crippen LogP contribution in [-0.2, 0) is 17.6 Å². The van der Waals surface area contributed by atoms with Gasteiger partial charge in [0.25, 0.3) is 0 Å². The highest BCUT2D eigenvalue weighted by atomic mass is 35.5. The van der Waals surface area contributed by atoms with Gasteiger partial charge in [-0.15, -0.1) is 11.3 Å². The average Bonchev–Trinajstić information content (AvgIpc) is 2.96. The number of nitriles is 1. The molecule has 1 aromatic carbocycles. The van der Waals surface area contributed by atoms with Crippen LogP contribution in [-0.4, -0.2) is 5.91 Å². The summed E-state index contributed by atoms with van der Waals surface area (Å²) in [5.41, 5.74) is 2.91. The van der Waals surface area contributed by atoms with Gasteiger partial charge in [0.15, 0.2) is 0 Å². The Kier molecular flexibility index (Phi) is 5.74. The van der Waals surface area contributed by atoms with Crippen molar-refractivity contribution in [3.05, 3.63) is 56.9 Å². The van der Waals surface area contributed by atoms with Crippen LogP contribution in [0.3, 0.4) is 0 Å². The van der Waals surface area contributed by atoms with Crippen molar-refractivity contribution in [1.82, 2.24) is 0 Å². The molecule has 1 atom stereocenters. The number of rotatable bonds is 3. The summed E-state index contributed by atoms with van der Waals surface area (Å²) in [5, 5.41) is 13.8. The summed E-state index contributed by atoms with van der Waals surface area (Å²) in [6.07, 6.45) is 6.20. The summed E-state index contributed by atoms with van der Waals surface area (Å²) in [7, 11) is 0. The highest BCUT2D eigenvalue weighted by Gasteiger charge is 2.32. The maximum absolute atomic E-state index is 12.3. The molecule has 0 spiro atoms. The summed E-state index contributed by atoms with van der Waals surface area (Å²) in [5.74, 6) is 0.371. The molecule has 0 fully saturated rings. The first-order valence-corrected chi connectivity index (χ1v) is 10.3. The van der Waals surface area contributed by atoms with Gasteiger partial charge in [-0.3, -0.25) is 4.79 Å². The van der Waals surface area contributed by atoms with Crippen molar-refractivity contribution in [2.75, 3.05) is 5.32 Å². The molecule has 140 valence electrons. The summed E-state index contributed by atoms with van der Waals surface area (Å²) < 4.78 is 0. The van der Waals surface area contributed by atoms with Gasteiger partial charge < -0.3 is 5.32 Å². The molecular formula is C22H23ClN2OS. The molecule has 3 rings (SSSR count). The molecule has 0 aliphatic heterocycles. The van der Waals surface area contributed by atoms with E-state index in [4.69, 9.17) is 11.6 Å². The van der Waals surface area contributed by atoms with Crippen LogP contribution in [0.1, 0.15) is 48.8 Å². The van der Waals surface area contributed by atoms with E-state index in [1.54, 1.807) is 29.5 Å². The molecular weight excluding hydrogens is 376 g/mol. The van der Waals surface area contributed by atoms with Crippen LogP contribution in [0.15, 0.2) is 30.3 Å². The van der Waals surface area contributed by atoms with Gasteiger partial charge in [0.1, 0.15) is 11.1 Å². The molecule has 5 heteroatoms. The number of hydrogen-bond acceptors (Lipinski definition) is 3. The van der Waals surface area contributed by atoms with Crippen molar-refractivity contribution >= 4 is 39.9 Å². The third-order valence-corrected chi connectivity index (χ3v) is 6.56. The number of carbonyl (C=O) groups is 1. The summed E-state index contributed by atoms with van der Waals surface area (Å²) >= 11 is 7.42. The lowest BCUT2D eigenvalue weighted by molar-refractivity contribution is -0.111. The van der Waals surface area contributed by atoms with Crippen LogP contribution < -0.4 is 5.32 Å². The Bertz CT molecular complexity index is 914. The first kappa shape index (κ1) is 19.7. The van der Waals surface area contributed by atoms with Crippen LogP contribution in [0.5, 0.6) is 0 Å². The van der Waals surface area contributed by atoms with Gasteiger partial charge in [-0.25, -0.2) is 0 Å². The number of nitrogens with zero attached hydrogens (tertiary/aromatic N) is 1. The normalized spacial score (nSPS) is 16.8. The van der Waals surface area contributed by atoms with Gasteiger partial charge in [-0.1, -0.05) is 44.5 Å². The van der Waals surface area contributed by atoms with E-state index in [-0.39, 0.29) is 11.3 Å². The molecule has 0 saturated carbocycles. The van der Waals surface area contributed by atoms with Crippen molar-refractivity contribution in [3.63, 3.8) is 0 Å². The van der Waals surface area contributed by atoms with Crippen LogP contribution in [0, 0.1) is 22.7 Å². The van der Waals surface area contributed by atoms with Crippen LogP contribution in [0.25, 0.3) is 6.08 Å². The zero-order chi connectivity index (χ0) is 19.6. The third kappa shape index (κ3) is 4.61. The maximum Gasteiger partial charge on any atom is 0.249 e. The number of nitrogens with one attached hydrogen (secondary N) is 1. The standard InChI is InChI=1S/C22H23ClN2OS/c1-22(2,3)15-7-10-17-18(13-24)21(27-19(17)12-15)25-20(26)11-6-14-4-8-16(23)9-5-14/h4-6,8-9,11,15H,7,10,12H2,1-3H3,(H,25,26)/b11-6+/t15-/m1/s1. The van der Waals surface area contributed by atoms with Gasteiger partial charge >= 0.3 is 0 Å². The summed E-state index contributed by atoms with van der Waals surface area (Å²) in [6, 6.07) is 9.57. The molecule has 0 radical (unpaired) electrons. The lowest BCUT2D eigenvalue weighted by atomic mass is 9.72. The van der Waals surface area contributed by atoms with E-state index in [0.29, 0.717) is 21.5 Å². The quantitative estimate of drug-likeness (QED) is 0.637. The SMILES string of the molecule is CC(C)(C)[C@@H]1CCc2c(sc(NC(=O)/C=C/c3ccc(Cl)cc3)c2C#N)C1. The number of fused-ring (bicyclic) bond motifs is 1. The second kappa shape index (κ2) is 7.88.